The van der Waals surface area contributed by atoms with Crippen molar-refractivity contribution in [3.63, 3.8) is 0 Å². The van der Waals surface area contributed by atoms with Gasteiger partial charge in [-0.3, -0.25) is 9.78 Å². The lowest BCUT2D eigenvalue weighted by molar-refractivity contribution is -0.161. The standard InChI is InChI=1S/C15H13N3O4/c1-15(2,14(20)21)22-18-12-9-4-3-8-5-6-16-7-10(8)11(9)17-13(12)19/h3-7H,1-2H3,(H,20,21)(H,17,18,19). The molecule has 112 valence electrons. The number of oxime groups is 1. The van der Waals surface area contributed by atoms with Gasteiger partial charge in [-0.15, -0.1) is 0 Å². The van der Waals surface area contributed by atoms with Crippen molar-refractivity contribution in [1.29, 1.82) is 0 Å². The summed E-state index contributed by atoms with van der Waals surface area (Å²) in [4.78, 5) is 32.2. The first-order valence-electron chi connectivity index (χ1n) is 6.58. The third-order valence-electron chi connectivity index (χ3n) is 3.41. The van der Waals surface area contributed by atoms with Crippen molar-refractivity contribution in [3.05, 3.63) is 36.2 Å². The van der Waals surface area contributed by atoms with Gasteiger partial charge in [0.15, 0.2) is 5.71 Å². The average molecular weight is 299 g/mol. The summed E-state index contributed by atoms with van der Waals surface area (Å²) in [6.07, 6.45) is 3.32. The number of carboxylic acids is 1. The van der Waals surface area contributed by atoms with Crippen molar-refractivity contribution in [3.8, 4) is 0 Å². The maximum atomic E-state index is 12.1. The van der Waals surface area contributed by atoms with E-state index in [1.54, 1.807) is 18.5 Å². The van der Waals surface area contributed by atoms with E-state index in [0.29, 0.717) is 11.3 Å². The monoisotopic (exact) mass is 299 g/mol. The Hall–Kier alpha value is -2.96. The lowest BCUT2D eigenvalue weighted by atomic mass is 10.1. The molecule has 22 heavy (non-hydrogen) atoms. The fourth-order valence-corrected chi connectivity index (χ4v) is 2.08. The quantitative estimate of drug-likeness (QED) is 0.841. The molecular weight excluding hydrogens is 286 g/mol. The number of hydrogen-bond acceptors (Lipinski definition) is 5. The SMILES string of the molecule is CC(C)(ON=C1C(=O)Nc2c1ccc1ccncc21)C(=O)O. The van der Waals surface area contributed by atoms with Crippen LogP contribution in [0, 0.1) is 0 Å². The van der Waals surface area contributed by atoms with Gasteiger partial charge in [0, 0.05) is 23.3 Å². The number of nitrogens with one attached hydrogen (secondary N) is 1. The number of hydrogen-bond donors (Lipinski definition) is 2. The Morgan fingerprint density at radius 3 is 2.86 bits per heavy atom. The molecule has 0 aliphatic carbocycles. The summed E-state index contributed by atoms with van der Waals surface area (Å²) in [5.41, 5.74) is -0.304. The number of carboxylic acid groups (broad SMARTS) is 1. The maximum absolute atomic E-state index is 12.1. The molecule has 1 aliphatic rings. The van der Waals surface area contributed by atoms with Crippen LogP contribution >= 0.6 is 0 Å². The Kier molecular flexibility index (Phi) is 3.05. The fourth-order valence-electron chi connectivity index (χ4n) is 2.08. The Morgan fingerprint density at radius 2 is 2.14 bits per heavy atom. The smallest absolute Gasteiger partial charge is 0.350 e. The Morgan fingerprint density at radius 1 is 1.36 bits per heavy atom. The third-order valence-corrected chi connectivity index (χ3v) is 3.41. The van der Waals surface area contributed by atoms with Crippen LogP contribution in [0.3, 0.4) is 0 Å². The maximum Gasteiger partial charge on any atom is 0.350 e. The summed E-state index contributed by atoms with van der Waals surface area (Å²) >= 11 is 0. The number of nitrogens with zero attached hydrogens (tertiary/aromatic N) is 2. The number of pyridine rings is 1. The van der Waals surface area contributed by atoms with E-state index in [9.17, 15) is 9.59 Å². The van der Waals surface area contributed by atoms with E-state index in [1.807, 2.05) is 12.1 Å². The van der Waals surface area contributed by atoms with Crippen LogP contribution < -0.4 is 5.32 Å². The number of carbonyl (C=O) groups excluding carboxylic acids is 1. The number of aliphatic carboxylic acids is 1. The minimum absolute atomic E-state index is 0.0510. The molecule has 0 unspecified atom stereocenters. The Bertz CT molecular complexity index is 827. The molecule has 7 nitrogen and oxygen atoms in total. The Balaban J connectivity index is 2.05. The van der Waals surface area contributed by atoms with Crippen molar-refractivity contribution in [2.75, 3.05) is 5.32 Å². The number of fused-ring (bicyclic) bond motifs is 3. The topological polar surface area (TPSA) is 101 Å². The highest BCUT2D eigenvalue weighted by Gasteiger charge is 2.33. The predicted molar refractivity (Wildman–Crippen MR) is 79.7 cm³/mol. The van der Waals surface area contributed by atoms with Crippen LogP contribution in [-0.4, -0.2) is 33.3 Å². The van der Waals surface area contributed by atoms with Crippen molar-refractivity contribution in [2.24, 2.45) is 5.16 Å². The van der Waals surface area contributed by atoms with Crippen molar-refractivity contribution < 1.29 is 19.5 Å². The van der Waals surface area contributed by atoms with Gasteiger partial charge in [-0.1, -0.05) is 11.2 Å². The van der Waals surface area contributed by atoms with E-state index in [-0.39, 0.29) is 5.71 Å². The summed E-state index contributed by atoms with van der Waals surface area (Å²) in [6, 6.07) is 5.42. The molecule has 0 fully saturated rings. The molecule has 3 rings (SSSR count). The van der Waals surface area contributed by atoms with Crippen LogP contribution in [0.25, 0.3) is 10.8 Å². The molecule has 1 aliphatic heterocycles. The third kappa shape index (κ3) is 2.16. The van der Waals surface area contributed by atoms with Crippen LogP contribution in [-0.2, 0) is 14.4 Å². The summed E-state index contributed by atoms with van der Waals surface area (Å²) < 4.78 is 0. The van der Waals surface area contributed by atoms with E-state index in [1.165, 1.54) is 13.8 Å². The van der Waals surface area contributed by atoms with Gasteiger partial charge in [-0.05, 0) is 31.4 Å². The molecule has 0 atom stereocenters. The molecule has 1 amide bonds. The molecule has 0 spiro atoms. The van der Waals surface area contributed by atoms with Gasteiger partial charge in [0.25, 0.3) is 5.91 Å². The first kappa shape index (κ1) is 14.0. The van der Waals surface area contributed by atoms with Gasteiger partial charge < -0.3 is 15.3 Å². The van der Waals surface area contributed by atoms with Gasteiger partial charge in [0.05, 0.1) is 5.69 Å². The molecule has 0 bridgehead atoms. The largest absolute Gasteiger partial charge is 0.478 e. The highest BCUT2D eigenvalue weighted by Crippen LogP contribution is 2.32. The van der Waals surface area contributed by atoms with Gasteiger partial charge in [0.1, 0.15) is 0 Å². The van der Waals surface area contributed by atoms with E-state index in [0.717, 1.165) is 10.8 Å². The van der Waals surface area contributed by atoms with Crippen LogP contribution in [0.1, 0.15) is 19.4 Å². The minimum Gasteiger partial charge on any atom is -0.478 e. The van der Waals surface area contributed by atoms with Gasteiger partial charge >= 0.3 is 5.97 Å². The normalized spacial score (nSPS) is 15.7. The summed E-state index contributed by atoms with van der Waals surface area (Å²) in [6.45, 7) is 2.72. The van der Waals surface area contributed by atoms with E-state index >= 15 is 0 Å². The van der Waals surface area contributed by atoms with Crippen molar-refractivity contribution >= 4 is 34.0 Å². The molecule has 0 radical (unpaired) electrons. The molecule has 1 aromatic heterocycles. The molecule has 2 heterocycles. The number of benzene rings is 1. The zero-order valence-corrected chi connectivity index (χ0v) is 12.0. The average Bonchev–Trinajstić information content (AvgIpc) is 2.81. The first-order valence-corrected chi connectivity index (χ1v) is 6.58. The molecular formula is C15H13N3O4. The van der Waals surface area contributed by atoms with Crippen LogP contribution in [0.2, 0.25) is 0 Å². The van der Waals surface area contributed by atoms with Crippen molar-refractivity contribution in [2.45, 2.75) is 19.4 Å². The van der Waals surface area contributed by atoms with Crippen molar-refractivity contribution in [1.82, 2.24) is 4.98 Å². The number of rotatable bonds is 3. The highest BCUT2D eigenvalue weighted by molar-refractivity contribution is 6.54. The zero-order valence-electron chi connectivity index (χ0n) is 12.0. The van der Waals surface area contributed by atoms with Crippen LogP contribution in [0.4, 0.5) is 5.69 Å². The van der Waals surface area contributed by atoms with Crippen LogP contribution in [0.5, 0.6) is 0 Å². The van der Waals surface area contributed by atoms with Gasteiger partial charge in [0.2, 0.25) is 5.60 Å². The molecule has 7 heteroatoms. The van der Waals surface area contributed by atoms with E-state index < -0.39 is 17.5 Å². The second-order valence-corrected chi connectivity index (χ2v) is 5.39. The number of aromatic nitrogens is 1. The summed E-state index contributed by atoms with van der Waals surface area (Å²) in [7, 11) is 0. The molecule has 0 saturated carbocycles. The number of amides is 1. The number of carbonyl (C=O) groups is 2. The molecule has 2 aromatic rings. The molecule has 2 N–H and O–H groups in total. The van der Waals surface area contributed by atoms with Crippen LogP contribution in [0.15, 0.2) is 35.7 Å². The van der Waals surface area contributed by atoms with Gasteiger partial charge in [-0.2, -0.15) is 0 Å². The lowest BCUT2D eigenvalue weighted by Gasteiger charge is -2.16. The minimum atomic E-state index is -1.52. The van der Waals surface area contributed by atoms with Gasteiger partial charge in [-0.25, -0.2) is 4.79 Å². The summed E-state index contributed by atoms with van der Waals surface area (Å²) in [5, 5.41) is 17.2. The first-order chi connectivity index (χ1) is 10.4. The molecule has 1 aromatic carbocycles. The Labute approximate surface area is 125 Å². The lowest BCUT2D eigenvalue weighted by Crippen LogP contribution is -2.33. The van der Waals surface area contributed by atoms with E-state index in [4.69, 9.17) is 9.94 Å². The summed E-state index contributed by atoms with van der Waals surface area (Å²) in [5.74, 6) is -1.61. The van der Waals surface area contributed by atoms with E-state index in [2.05, 4.69) is 15.5 Å². The fraction of sp³-hybridized carbons (Fsp3) is 0.200. The molecule has 0 saturated heterocycles. The zero-order chi connectivity index (χ0) is 15.9. The highest BCUT2D eigenvalue weighted by atomic mass is 16.7. The predicted octanol–water partition coefficient (Wildman–Crippen LogP) is 1.77. The number of anilines is 1. The second-order valence-electron chi connectivity index (χ2n) is 5.39. The second kappa shape index (κ2) is 4.80.